The molecule has 31 heavy (non-hydrogen) atoms. The van der Waals surface area contributed by atoms with E-state index in [9.17, 15) is 4.79 Å². The van der Waals surface area contributed by atoms with Crippen LogP contribution in [0.3, 0.4) is 0 Å². The van der Waals surface area contributed by atoms with Gasteiger partial charge in [-0.25, -0.2) is 0 Å². The van der Waals surface area contributed by atoms with Gasteiger partial charge in [0.25, 0.3) is 5.91 Å². The van der Waals surface area contributed by atoms with Crippen molar-refractivity contribution in [3.05, 3.63) is 100 Å². The molecule has 4 nitrogen and oxygen atoms in total. The van der Waals surface area contributed by atoms with E-state index in [-0.39, 0.29) is 5.91 Å². The van der Waals surface area contributed by atoms with E-state index in [1.54, 1.807) is 23.1 Å². The molecule has 0 unspecified atom stereocenters. The Labute approximate surface area is 193 Å². The minimum absolute atomic E-state index is 0.000456. The summed E-state index contributed by atoms with van der Waals surface area (Å²) in [6, 6.07) is 26.9. The molecular formula is C25H27Cl2N3O+2. The lowest BCUT2D eigenvalue weighted by Gasteiger charge is -2.34. The smallest absolute Gasteiger partial charge is 0.279 e. The fourth-order valence-corrected chi connectivity index (χ4v) is 4.65. The van der Waals surface area contributed by atoms with E-state index < -0.39 is 0 Å². The highest BCUT2D eigenvalue weighted by atomic mass is 35.5. The number of nitrogens with one attached hydrogen (secondary N) is 3. The van der Waals surface area contributed by atoms with E-state index >= 15 is 0 Å². The fraction of sp³-hybridized carbons (Fsp3) is 0.240. The van der Waals surface area contributed by atoms with Crippen LogP contribution in [0.15, 0.2) is 78.9 Å². The topological polar surface area (TPSA) is 38.0 Å². The second-order valence-electron chi connectivity index (χ2n) is 8.02. The third-order valence-corrected chi connectivity index (χ3v) is 6.63. The molecule has 1 saturated heterocycles. The van der Waals surface area contributed by atoms with Gasteiger partial charge < -0.3 is 15.1 Å². The Kier molecular flexibility index (Phi) is 7.25. The molecule has 1 aliphatic heterocycles. The quantitative estimate of drug-likeness (QED) is 0.524. The van der Waals surface area contributed by atoms with Crippen molar-refractivity contribution in [3.63, 3.8) is 0 Å². The van der Waals surface area contributed by atoms with Crippen LogP contribution in [0.4, 0.5) is 5.69 Å². The Morgan fingerprint density at radius 3 is 1.94 bits per heavy atom. The molecule has 3 N–H and O–H groups in total. The molecule has 3 aromatic rings. The van der Waals surface area contributed by atoms with Crippen molar-refractivity contribution in [1.29, 1.82) is 0 Å². The molecular weight excluding hydrogens is 429 g/mol. The molecule has 0 saturated carbocycles. The molecule has 0 aliphatic carbocycles. The van der Waals surface area contributed by atoms with Crippen molar-refractivity contribution in [2.75, 3.05) is 38.0 Å². The maximum absolute atomic E-state index is 12.5. The van der Waals surface area contributed by atoms with Gasteiger partial charge in [0.05, 0.1) is 10.0 Å². The molecule has 0 spiro atoms. The van der Waals surface area contributed by atoms with Gasteiger partial charge in [0.15, 0.2) is 6.54 Å². The zero-order valence-corrected chi connectivity index (χ0v) is 18.8. The molecule has 0 bridgehead atoms. The van der Waals surface area contributed by atoms with Crippen molar-refractivity contribution in [3.8, 4) is 0 Å². The van der Waals surface area contributed by atoms with Gasteiger partial charge in [-0.15, -0.1) is 0 Å². The van der Waals surface area contributed by atoms with Crippen LogP contribution in [-0.4, -0.2) is 38.6 Å². The van der Waals surface area contributed by atoms with E-state index in [4.69, 9.17) is 23.2 Å². The van der Waals surface area contributed by atoms with E-state index in [1.807, 2.05) is 0 Å². The first-order valence-corrected chi connectivity index (χ1v) is 11.4. The van der Waals surface area contributed by atoms with Crippen LogP contribution in [-0.2, 0) is 4.79 Å². The van der Waals surface area contributed by atoms with Gasteiger partial charge >= 0.3 is 0 Å². The normalized spacial score (nSPS) is 18.7. The minimum Gasteiger partial charge on any atom is -0.321 e. The van der Waals surface area contributed by atoms with Crippen LogP contribution in [0.25, 0.3) is 0 Å². The van der Waals surface area contributed by atoms with Gasteiger partial charge in [0.1, 0.15) is 32.2 Å². The first kappa shape index (κ1) is 21.8. The lowest BCUT2D eigenvalue weighted by Crippen LogP contribution is -3.28. The number of carbonyl (C=O) groups is 1. The SMILES string of the molecule is O=C(C[NH+]1CC[NH+](C(c2ccccc2)c2ccccc2)CC1)Nc1ccc(Cl)c(Cl)c1. The summed E-state index contributed by atoms with van der Waals surface area (Å²) >= 11 is 12.0. The third-order valence-electron chi connectivity index (χ3n) is 5.89. The van der Waals surface area contributed by atoms with Crippen molar-refractivity contribution in [2.24, 2.45) is 0 Å². The highest BCUT2D eigenvalue weighted by molar-refractivity contribution is 6.42. The maximum atomic E-state index is 12.5. The zero-order chi connectivity index (χ0) is 21.6. The number of carbonyl (C=O) groups excluding carboxylic acids is 1. The summed E-state index contributed by atoms with van der Waals surface area (Å²) in [5.74, 6) is -0.000456. The molecule has 1 fully saturated rings. The molecule has 160 valence electrons. The second kappa shape index (κ2) is 10.3. The molecule has 0 aromatic heterocycles. The number of rotatable bonds is 6. The van der Waals surface area contributed by atoms with E-state index in [0.717, 1.165) is 26.2 Å². The zero-order valence-electron chi connectivity index (χ0n) is 17.3. The summed E-state index contributed by atoms with van der Waals surface area (Å²) in [5, 5.41) is 3.86. The predicted molar refractivity (Wildman–Crippen MR) is 126 cm³/mol. The van der Waals surface area contributed by atoms with Crippen LogP contribution in [0.1, 0.15) is 17.2 Å². The molecule has 1 aliphatic rings. The number of anilines is 1. The van der Waals surface area contributed by atoms with Crippen molar-refractivity contribution < 1.29 is 14.6 Å². The van der Waals surface area contributed by atoms with Crippen LogP contribution in [0, 0.1) is 0 Å². The molecule has 0 atom stereocenters. The Morgan fingerprint density at radius 2 is 1.39 bits per heavy atom. The van der Waals surface area contributed by atoms with Gasteiger partial charge in [0.2, 0.25) is 0 Å². The van der Waals surface area contributed by atoms with Crippen LogP contribution in [0.5, 0.6) is 0 Å². The van der Waals surface area contributed by atoms with Crippen LogP contribution >= 0.6 is 23.2 Å². The summed E-state index contributed by atoms with van der Waals surface area (Å²) in [6.07, 6.45) is 0. The largest absolute Gasteiger partial charge is 0.321 e. The van der Waals surface area contributed by atoms with E-state index in [1.165, 1.54) is 16.0 Å². The standard InChI is InChI=1S/C25H25Cl2N3O/c26-22-12-11-21(17-23(22)27)28-24(31)18-29-13-15-30(16-14-29)25(19-7-3-1-4-8-19)20-9-5-2-6-10-20/h1-12,17,25H,13-16,18H2,(H,28,31)/p+2. The third kappa shape index (κ3) is 5.66. The van der Waals surface area contributed by atoms with Gasteiger partial charge in [-0.1, -0.05) is 83.9 Å². The number of hydrogen-bond donors (Lipinski definition) is 3. The van der Waals surface area contributed by atoms with Crippen molar-refractivity contribution in [1.82, 2.24) is 0 Å². The fourth-order valence-electron chi connectivity index (χ4n) is 4.35. The lowest BCUT2D eigenvalue weighted by atomic mass is 9.96. The Balaban J connectivity index is 1.37. The van der Waals surface area contributed by atoms with Crippen LogP contribution in [0.2, 0.25) is 10.0 Å². The van der Waals surface area contributed by atoms with Gasteiger partial charge in [-0.05, 0) is 18.2 Å². The number of amides is 1. The highest BCUT2D eigenvalue weighted by Gasteiger charge is 2.32. The molecule has 0 radical (unpaired) electrons. The van der Waals surface area contributed by atoms with Crippen molar-refractivity contribution >= 4 is 34.8 Å². The first-order chi connectivity index (χ1) is 15.1. The average Bonchev–Trinajstić information content (AvgIpc) is 2.79. The molecule has 1 heterocycles. The number of quaternary nitrogens is 2. The molecule has 3 aromatic carbocycles. The van der Waals surface area contributed by atoms with Crippen LogP contribution < -0.4 is 15.1 Å². The molecule has 6 heteroatoms. The number of benzene rings is 3. The average molecular weight is 456 g/mol. The van der Waals surface area contributed by atoms with E-state index in [0.29, 0.717) is 28.3 Å². The first-order valence-electron chi connectivity index (χ1n) is 10.6. The maximum Gasteiger partial charge on any atom is 0.279 e. The second-order valence-corrected chi connectivity index (χ2v) is 8.83. The Hall–Kier alpha value is -2.37. The summed E-state index contributed by atoms with van der Waals surface area (Å²) in [4.78, 5) is 15.4. The Morgan fingerprint density at radius 1 is 0.806 bits per heavy atom. The van der Waals surface area contributed by atoms with Crippen molar-refractivity contribution in [2.45, 2.75) is 6.04 Å². The number of hydrogen-bond acceptors (Lipinski definition) is 1. The predicted octanol–water partition coefficient (Wildman–Crippen LogP) is 2.50. The summed E-state index contributed by atoms with van der Waals surface area (Å²) < 4.78 is 0. The highest BCUT2D eigenvalue weighted by Crippen LogP contribution is 2.24. The summed E-state index contributed by atoms with van der Waals surface area (Å²) in [6.45, 7) is 4.41. The monoisotopic (exact) mass is 455 g/mol. The van der Waals surface area contributed by atoms with Gasteiger partial charge in [-0.3, -0.25) is 4.79 Å². The molecule has 1 amide bonds. The van der Waals surface area contributed by atoms with E-state index in [2.05, 4.69) is 66.0 Å². The summed E-state index contributed by atoms with van der Waals surface area (Å²) in [7, 11) is 0. The Bertz CT molecular complexity index is 966. The number of piperazine rings is 1. The summed E-state index contributed by atoms with van der Waals surface area (Å²) in [5.41, 5.74) is 3.35. The van der Waals surface area contributed by atoms with Gasteiger partial charge in [0, 0.05) is 16.8 Å². The molecule has 4 rings (SSSR count). The lowest BCUT2D eigenvalue weighted by molar-refractivity contribution is -1.02. The van der Waals surface area contributed by atoms with Gasteiger partial charge in [-0.2, -0.15) is 0 Å². The minimum atomic E-state index is -0.000456. The number of halogens is 2.